The van der Waals surface area contributed by atoms with Crippen molar-refractivity contribution < 1.29 is 14.4 Å². The molecule has 25 heavy (non-hydrogen) atoms. The van der Waals surface area contributed by atoms with E-state index in [2.05, 4.69) is 0 Å². The van der Waals surface area contributed by atoms with E-state index in [1.165, 1.54) is 0 Å². The molecule has 2 heterocycles. The second kappa shape index (κ2) is 5.55. The van der Waals surface area contributed by atoms with Gasteiger partial charge in [-0.3, -0.25) is 19.3 Å². The smallest absolute Gasteiger partial charge is 0.262 e. The van der Waals surface area contributed by atoms with Crippen molar-refractivity contribution in [3.63, 3.8) is 0 Å². The number of imide groups is 1. The fraction of sp³-hybridized carbons (Fsp3) is 0.250. The highest BCUT2D eigenvalue weighted by Gasteiger charge is 2.43. The van der Waals surface area contributed by atoms with Crippen LogP contribution in [0.2, 0.25) is 0 Å². The van der Waals surface area contributed by atoms with Gasteiger partial charge in [-0.25, -0.2) is 0 Å². The zero-order valence-corrected chi connectivity index (χ0v) is 14.1. The number of fused-ring (bicyclic) bond motifs is 2. The third-order valence-electron chi connectivity index (χ3n) is 5.01. The molecule has 2 atom stereocenters. The second-order valence-corrected chi connectivity index (χ2v) is 6.59. The van der Waals surface area contributed by atoms with Crippen LogP contribution in [0.15, 0.2) is 48.5 Å². The second-order valence-electron chi connectivity index (χ2n) is 6.59. The Morgan fingerprint density at radius 2 is 1.56 bits per heavy atom. The van der Waals surface area contributed by atoms with E-state index >= 15 is 0 Å². The summed E-state index contributed by atoms with van der Waals surface area (Å²) in [6.07, 6.45) is 0.775. The van der Waals surface area contributed by atoms with Crippen LogP contribution in [-0.2, 0) is 11.2 Å². The monoisotopic (exact) mass is 334 g/mol. The quantitative estimate of drug-likeness (QED) is 0.794. The van der Waals surface area contributed by atoms with E-state index in [4.69, 9.17) is 0 Å². The molecule has 0 radical (unpaired) electrons. The lowest BCUT2D eigenvalue weighted by Gasteiger charge is -2.29. The Morgan fingerprint density at radius 1 is 1.00 bits per heavy atom. The first-order valence-corrected chi connectivity index (χ1v) is 8.38. The fourth-order valence-corrected chi connectivity index (χ4v) is 3.77. The molecule has 0 unspecified atom stereocenters. The molecular formula is C20H18N2O3. The predicted molar refractivity (Wildman–Crippen MR) is 93.5 cm³/mol. The van der Waals surface area contributed by atoms with E-state index in [0.717, 1.165) is 22.6 Å². The zero-order chi connectivity index (χ0) is 17.7. The number of anilines is 1. The van der Waals surface area contributed by atoms with E-state index in [9.17, 15) is 14.4 Å². The predicted octanol–water partition coefficient (Wildman–Crippen LogP) is 2.65. The molecule has 2 aliphatic heterocycles. The van der Waals surface area contributed by atoms with Gasteiger partial charge in [0.1, 0.15) is 6.04 Å². The Morgan fingerprint density at radius 3 is 2.20 bits per heavy atom. The van der Waals surface area contributed by atoms with Gasteiger partial charge in [0, 0.05) is 11.7 Å². The van der Waals surface area contributed by atoms with E-state index in [0.29, 0.717) is 11.1 Å². The fourth-order valence-electron chi connectivity index (χ4n) is 3.77. The van der Waals surface area contributed by atoms with E-state index in [-0.39, 0.29) is 11.9 Å². The lowest BCUT2D eigenvalue weighted by molar-refractivity contribution is -0.122. The van der Waals surface area contributed by atoms with Gasteiger partial charge in [0.15, 0.2) is 0 Å². The normalized spacial score (nSPS) is 19.8. The number of carbonyl (C=O) groups excluding carboxylic acids is 3. The van der Waals surface area contributed by atoms with Gasteiger partial charge in [-0.1, -0.05) is 30.3 Å². The molecule has 4 rings (SSSR count). The summed E-state index contributed by atoms with van der Waals surface area (Å²) in [5.41, 5.74) is 2.70. The van der Waals surface area contributed by atoms with Crippen LogP contribution < -0.4 is 4.90 Å². The van der Waals surface area contributed by atoms with Crippen LogP contribution in [-0.4, -0.2) is 34.7 Å². The Kier molecular flexibility index (Phi) is 3.46. The van der Waals surface area contributed by atoms with Crippen molar-refractivity contribution in [2.24, 2.45) is 0 Å². The van der Waals surface area contributed by atoms with Gasteiger partial charge in [0.05, 0.1) is 11.1 Å². The SMILES string of the molecule is C[C@@H](C(=O)N1c2ccccc2C[C@@H]1C)N1C(=O)c2ccccc2C1=O. The molecule has 3 amide bonds. The Hall–Kier alpha value is -2.95. The van der Waals surface area contributed by atoms with Crippen molar-refractivity contribution in [1.29, 1.82) is 0 Å². The molecule has 126 valence electrons. The van der Waals surface area contributed by atoms with Gasteiger partial charge in [0.2, 0.25) is 5.91 Å². The lowest BCUT2D eigenvalue weighted by atomic mass is 10.1. The molecule has 0 aromatic heterocycles. The van der Waals surface area contributed by atoms with Crippen molar-refractivity contribution in [2.75, 3.05) is 4.90 Å². The number of rotatable bonds is 2. The molecule has 0 aliphatic carbocycles. The van der Waals surface area contributed by atoms with Crippen LogP contribution in [0.3, 0.4) is 0 Å². The zero-order valence-electron chi connectivity index (χ0n) is 14.1. The highest BCUT2D eigenvalue weighted by Crippen LogP contribution is 2.33. The summed E-state index contributed by atoms with van der Waals surface area (Å²) in [7, 11) is 0. The molecule has 2 aromatic rings. The molecule has 0 saturated heterocycles. The summed E-state index contributed by atoms with van der Waals surface area (Å²) < 4.78 is 0. The number of amides is 3. The van der Waals surface area contributed by atoms with Crippen LogP contribution in [0.4, 0.5) is 5.69 Å². The summed E-state index contributed by atoms with van der Waals surface area (Å²) in [4.78, 5) is 41.2. The third kappa shape index (κ3) is 2.19. The summed E-state index contributed by atoms with van der Waals surface area (Å²) in [5, 5.41) is 0. The van der Waals surface area contributed by atoms with Gasteiger partial charge in [-0.05, 0) is 44.0 Å². The van der Waals surface area contributed by atoms with Crippen LogP contribution in [0.25, 0.3) is 0 Å². The van der Waals surface area contributed by atoms with Crippen molar-refractivity contribution in [3.8, 4) is 0 Å². The molecule has 0 fully saturated rings. The van der Waals surface area contributed by atoms with Crippen molar-refractivity contribution >= 4 is 23.4 Å². The topological polar surface area (TPSA) is 57.7 Å². The van der Waals surface area contributed by atoms with E-state index in [1.807, 2.05) is 31.2 Å². The third-order valence-corrected chi connectivity index (χ3v) is 5.01. The first-order valence-electron chi connectivity index (χ1n) is 8.38. The number of carbonyl (C=O) groups is 3. The van der Waals surface area contributed by atoms with Crippen molar-refractivity contribution in [3.05, 3.63) is 65.2 Å². The van der Waals surface area contributed by atoms with Crippen LogP contribution >= 0.6 is 0 Å². The molecule has 0 spiro atoms. The van der Waals surface area contributed by atoms with Gasteiger partial charge in [-0.2, -0.15) is 0 Å². The maximum Gasteiger partial charge on any atom is 0.262 e. The maximum absolute atomic E-state index is 13.1. The summed E-state index contributed by atoms with van der Waals surface area (Å²) in [6.45, 7) is 3.60. The van der Waals surface area contributed by atoms with Crippen molar-refractivity contribution in [1.82, 2.24) is 4.90 Å². The van der Waals surface area contributed by atoms with E-state index in [1.54, 1.807) is 36.1 Å². The summed E-state index contributed by atoms with van der Waals surface area (Å²) in [5.74, 6) is -1.03. The van der Waals surface area contributed by atoms with Crippen LogP contribution in [0.5, 0.6) is 0 Å². The minimum absolute atomic E-state index is 0.00234. The largest absolute Gasteiger partial charge is 0.307 e. The minimum Gasteiger partial charge on any atom is -0.307 e. The number of benzene rings is 2. The molecule has 2 aromatic carbocycles. The van der Waals surface area contributed by atoms with Gasteiger partial charge >= 0.3 is 0 Å². The Balaban J connectivity index is 1.66. The Labute approximate surface area is 145 Å². The average molecular weight is 334 g/mol. The molecule has 5 heteroatoms. The molecule has 2 aliphatic rings. The lowest BCUT2D eigenvalue weighted by Crippen LogP contribution is -2.51. The first kappa shape index (κ1) is 15.6. The number of para-hydroxylation sites is 1. The molecular weight excluding hydrogens is 316 g/mol. The first-order chi connectivity index (χ1) is 12.0. The Bertz CT molecular complexity index is 870. The van der Waals surface area contributed by atoms with Crippen LogP contribution in [0.1, 0.15) is 40.1 Å². The molecule has 0 saturated carbocycles. The minimum atomic E-state index is -0.846. The number of hydrogen-bond donors (Lipinski definition) is 0. The average Bonchev–Trinajstić information content (AvgIpc) is 3.08. The summed E-state index contributed by atoms with van der Waals surface area (Å²) >= 11 is 0. The van der Waals surface area contributed by atoms with Crippen LogP contribution in [0, 0.1) is 0 Å². The van der Waals surface area contributed by atoms with Gasteiger partial charge < -0.3 is 4.90 Å². The molecule has 0 bridgehead atoms. The highest BCUT2D eigenvalue weighted by molar-refractivity contribution is 6.23. The van der Waals surface area contributed by atoms with E-state index < -0.39 is 17.9 Å². The number of hydrogen-bond acceptors (Lipinski definition) is 3. The highest BCUT2D eigenvalue weighted by atomic mass is 16.2. The summed E-state index contributed by atoms with van der Waals surface area (Å²) in [6, 6.07) is 13.6. The van der Waals surface area contributed by atoms with Gasteiger partial charge in [0.25, 0.3) is 11.8 Å². The molecule has 0 N–H and O–H groups in total. The van der Waals surface area contributed by atoms with Crippen molar-refractivity contribution in [2.45, 2.75) is 32.4 Å². The number of nitrogens with zero attached hydrogens (tertiary/aromatic N) is 2. The van der Waals surface area contributed by atoms with Gasteiger partial charge in [-0.15, -0.1) is 0 Å². The standard InChI is InChI=1S/C20H18N2O3/c1-12-11-14-7-3-6-10-17(14)21(12)18(23)13(2)22-19(24)15-8-4-5-9-16(15)20(22)25/h3-10,12-13H,11H2,1-2H3/t12-,13-/m0/s1. The maximum atomic E-state index is 13.1. The molecule has 5 nitrogen and oxygen atoms in total.